The van der Waals surface area contributed by atoms with E-state index in [1.165, 1.54) is 15.6 Å². The number of amides is 1. The van der Waals surface area contributed by atoms with Crippen LogP contribution in [0.3, 0.4) is 0 Å². The summed E-state index contributed by atoms with van der Waals surface area (Å²) >= 11 is 1.18. The fourth-order valence-electron chi connectivity index (χ4n) is 2.58. The van der Waals surface area contributed by atoms with Gasteiger partial charge in [-0.25, -0.2) is 8.42 Å². The first-order valence-corrected chi connectivity index (χ1v) is 10.7. The number of carbonyl (C=O) groups excluding carboxylic acids is 2. The van der Waals surface area contributed by atoms with Crippen LogP contribution in [0, 0.1) is 5.92 Å². The van der Waals surface area contributed by atoms with E-state index in [0.29, 0.717) is 23.6 Å². The van der Waals surface area contributed by atoms with Crippen molar-refractivity contribution in [2.75, 3.05) is 26.2 Å². The topological polar surface area (TPSA) is 92.8 Å². The fraction of sp³-hybridized carbons (Fsp3) is 0.625. The molecule has 1 aromatic heterocycles. The number of ether oxygens (including phenoxy) is 1. The zero-order valence-electron chi connectivity index (χ0n) is 14.3. The summed E-state index contributed by atoms with van der Waals surface area (Å²) in [6, 6.07) is 3.28. The maximum Gasteiger partial charge on any atom is 0.309 e. The second-order valence-corrected chi connectivity index (χ2v) is 9.03. The number of hydrogen-bond acceptors (Lipinski definition) is 6. The van der Waals surface area contributed by atoms with Gasteiger partial charge in [-0.2, -0.15) is 4.31 Å². The van der Waals surface area contributed by atoms with Crippen molar-refractivity contribution in [3.8, 4) is 0 Å². The summed E-state index contributed by atoms with van der Waals surface area (Å²) in [5.41, 5.74) is 0. The molecule has 1 amide bonds. The van der Waals surface area contributed by atoms with Crippen LogP contribution in [0.25, 0.3) is 0 Å². The second-order valence-electron chi connectivity index (χ2n) is 5.92. The van der Waals surface area contributed by atoms with Gasteiger partial charge >= 0.3 is 5.97 Å². The molecule has 25 heavy (non-hydrogen) atoms. The van der Waals surface area contributed by atoms with Gasteiger partial charge in [-0.1, -0.05) is 19.4 Å². The highest BCUT2D eigenvalue weighted by molar-refractivity contribution is 7.91. The van der Waals surface area contributed by atoms with E-state index >= 15 is 0 Å². The Bertz CT molecular complexity index is 665. The highest BCUT2D eigenvalue weighted by atomic mass is 32.2. The molecule has 1 fully saturated rings. The lowest BCUT2D eigenvalue weighted by molar-refractivity contribution is -0.153. The quantitative estimate of drug-likeness (QED) is 0.539. The van der Waals surface area contributed by atoms with Gasteiger partial charge in [-0.15, -0.1) is 11.3 Å². The Hall–Kier alpha value is -1.45. The number of thiophene rings is 1. The molecule has 0 saturated carbocycles. The Morgan fingerprint density at radius 1 is 1.36 bits per heavy atom. The lowest BCUT2D eigenvalue weighted by atomic mass is 9.98. The largest absolute Gasteiger partial charge is 0.455 e. The molecule has 7 nitrogen and oxygen atoms in total. The van der Waals surface area contributed by atoms with Crippen LogP contribution in [0.4, 0.5) is 0 Å². The molecule has 140 valence electrons. The van der Waals surface area contributed by atoms with Gasteiger partial charge in [0.2, 0.25) is 0 Å². The normalized spacial score (nSPS) is 16.5. The molecule has 9 heteroatoms. The van der Waals surface area contributed by atoms with E-state index < -0.39 is 16.0 Å². The van der Waals surface area contributed by atoms with Crippen LogP contribution in [-0.4, -0.2) is 50.8 Å². The van der Waals surface area contributed by atoms with Crippen LogP contribution in [0.15, 0.2) is 21.7 Å². The number of rotatable bonds is 8. The maximum absolute atomic E-state index is 12.4. The van der Waals surface area contributed by atoms with Crippen molar-refractivity contribution in [1.29, 1.82) is 0 Å². The van der Waals surface area contributed by atoms with Crippen molar-refractivity contribution in [1.82, 2.24) is 9.62 Å². The lowest BCUT2D eigenvalue weighted by Crippen LogP contribution is -2.40. The van der Waals surface area contributed by atoms with Gasteiger partial charge in [0.1, 0.15) is 4.21 Å². The monoisotopic (exact) mass is 388 g/mol. The Kier molecular flexibility index (Phi) is 7.39. The van der Waals surface area contributed by atoms with Crippen molar-refractivity contribution in [2.45, 2.75) is 36.8 Å². The van der Waals surface area contributed by atoms with Gasteiger partial charge in [0, 0.05) is 19.6 Å². The summed E-state index contributed by atoms with van der Waals surface area (Å²) in [5.74, 6) is -1.10. The zero-order chi connectivity index (χ0) is 18.3. The molecule has 0 radical (unpaired) electrons. The highest BCUT2D eigenvalue weighted by Crippen LogP contribution is 2.26. The summed E-state index contributed by atoms with van der Waals surface area (Å²) < 4.78 is 31.6. The highest BCUT2D eigenvalue weighted by Gasteiger charge is 2.33. The standard InChI is InChI=1S/C16H24N2O5S2/c1-2-3-8-17-14(19)12-23-16(20)13-6-9-18(10-7-13)25(21,22)15-5-4-11-24-15/h4-5,11,13H,2-3,6-10,12H2,1H3,(H,17,19). The van der Waals surface area contributed by atoms with Gasteiger partial charge in [-0.3, -0.25) is 9.59 Å². The van der Waals surface area contributed by atoms with Crippen molar-refractivity contribution < 1.29 is 22.7 Å². The van der Waals surface area contributed by atoms with Crippen LogP contribution in [-0.2, 0) is 24.3 Å². The van der Waals surface area contributed by atoms with Crippen molar-refractivity contribution in [3.63, 3.8) is 0 Å². The van der Waals surface area contributed by atoms with Crippen molar-refractivity contribution in [3.05, 3.63) is 17.5 Å². The summed E-state index contributed by atoms with van der Waals surface area (Å²) in [6.07, 6.45) is 2.67. The van der Waals surface area contributed by atoms with E-state index in [-0.39, 0.29) is 31.5 Å². The van der Waals surface area contributed by atoms with Crippen molar-refractivity contribution >= 4 is 33.2 Å². The first-order chi connectivity index (χ1) is 11.9. The predicted octanol–water partition coefficient (Wildman–Crippen LogP) is 1.61. The number of unbranched alkanes of at least 4 members (excludes halogenated alkanes) is 1. The molecule has 0 atom stereocenters. The van der Waals surface area contributed by atoms with Crippen LogP contribution in [0.1, 0.15) is 32.6 Å². The van der Waals surface area contributed by atoms with Crippen LogP contribution in [0.2, 0.25) is 0 Å². The minimum absolute atomic E-state index is 0.280. The third kappa shape index (κ3) is 5.52. The number of esters is 1. The van der Waals surface area contributed by atoms with Crippen LogP contribution < -0.4 is 5.32 Å². The van der Waals surface area contributed by atoms with Crippen LogP contribution >= 0.6 is 11.3 Å². The molecule has 2 heterocycles. The molecule has 0 aromatic carbocycles. The molecular formula is C16H24N2O5S2. The summed E-state index contributed by atoms with van der Waals surface area (Å²) in [7, 11) is -3.47. The smallest absolute Gasteiger partial charge is 0.309 e. The summed E-state index contributed by atoms with van der Waals surface area (Å²) in [6.45, 7) is 2.88. The summed E-state index contributed by atoms with van der Waals surface area (Å²) in [5, 5.41) is 4.41. The molecule has 1 saturated heterocycles. The van der Waals surface area contributed by atoms with Crippen LogP contribution in [0.5, 0.6) is 0 Å². The minimum atomic E-state index is -3.47. The Labute approximate surface area is 152 Å². The molecule has 1 aliphatic rings. The van der Waals surface area contributed by atoms with E-state index in [2.05, 4.69) is 5.32 Å². The number of nitrogens with one attached hydrogen (secondary N) is 1. The fourth-order valence-corrected chi connectivity index (χ4v) is 5.19. The minimum Gasteiger partial charge on any atom is -0.455 e. The molecular weight excluding hydrogens is 364 g/mol. The molecule has 1 aliphatic heterocycles. The van der Waals surface area contributed by atoms with Gasteiger partial charge in [-0.05, 0) is 30.7 Å². The molecule has 2 rings (SSSR count). The third-order valence-corrected chi connectivity index (χ3v) is 7.35. The number of hydrogen-bond donors (Lipinski definition) is 1. The van der Waals surface area contributed by atoms with E-state index in [1.54, 1.807) is 17.5 Å². The first kappa shape index (κ1) is 19.9. The maximum atomic E-state index is 12.4. The number of nitrogens with zero attached hydrogens (tertiary/aromatic N) is 1. The van der Waals surface area contributed by atoms with E-state index in [1.807, 2.05) is 6.92 Å². The third-order valence-electron chi connectivity index (χ3n) is 4.07. The Morgan fingerprint density at radius 2 is 2.08 bits per heavy atom. The average molecular weight is 389 g/mol. The SMILES string of the molecule is CCCCNC(=O)COC(=O)C1CCN(S(=O)(=O)c2cccs2)CC1. The van der Waals surface area contributed by atoms with E-state index in [9.17, 15) is 18.0 Å². The zero-order valence-corrected chi connectivity index (χ0v) is 15.9. The number of piperidine rings is 1. The number of carbonyl (C=O) groups is 2. The molecule has 1 aromatic rings. The summed E-state index contributed by atoms with van der Waals surface area (Å²) in [4.78, 5) is 23.6. The van der Waals surface area contributed by atoms with Gasteiger partial charge < -0.3 is 10.1 Å². The predicted molar refractivity (Wildman–Crippen MR) is 94.7 cm³/mol. The molecule has 0 bridgehead atoms. The molecule has 1 N–H and O–H groups in total. The Morgan fingerprint density at radius 3 is 2.68 bits per heavy atom. The molecule has 0 aliphatic carbocycles. The van der Waals surface area contributed by atoms with Gasteiger partial charge in [0.05, 0.1) is 5.92 Å². The number of sulfonamides is 1. The van der Waals surface area contributed by atoms with E-state index in [4.69, 9.17) is 4.74 Å². The average Bonchev–Trinajstić information content (AvgIpc) is 3.15. The first-order valence-electron chi connectivity index (χ1n) is 8.42. The van der Waals surface area contributed by atoms with E-state index in [0.717, 1.165) is 12.8 Å². The van der Waals surface area contributed by atoms with Crippen molar-refractivity contribution in [2.24, 2.45) is 5.92 Å². The molecule has 0 spiro atoms. The Balaban J connectivity index is 1.76. The van der Waals surface area contributed by atoms with Gasteiger partial charge in [0.25, 0.3) is 15.9 Å². The lowest BCUT2D eigenvalue weighted by Gasteiger charge is -2.29. The molecule has 0 unspecified atom stereocenters. The van der Waals surface area contributed by atoms with Gasteiger partial charge in [0.15, 0.2) is 6.61 Å². The second kappa shape index (κ2) is 9.30.